The molecule has 0 unspecified atom stereocenters. The molecule has 17 heavy (non-hydrogen) atoms. The van der Waals surface area contributed by atoms with Crippen LogP contribution in [0.3, 0.4) is 0 Å². The smallest absolute Gasteiger partial charge is 0.108 e. The lowest BCUT2D eigenvalue weighted by Gasteiger charge is -2.02. The Bertz CT molecular complexity index is 494. The van der Waals surface area contributed by atoms with Crippen LogP contribution in [0.5, 0.6) is 0 Å². The van der Waals surface area contributed by atoms with Crippen LogP contribution in [0.2, 0.25) is 10.0 Å². The number of benzene rings is 1. The van der Waals surface area contributed by atoms with Crippen LogP contribution in [0.15, 0.2) is 34.7 Å². The summed E-state index contributed by atoms with van der Waals surface area (Å²) in [6, 6.07) is 9.57. The fraction of sp³-hybridized carbons (Fsp3) is 0.286. The van der Waals surface area contributed by atoms with Crippen molar-refractivity contribution in [3.63, 3.8) is 0 Å². The van der Waals surface area contributed by atoms with Gasteiger partial charge in [-0.05, 0) is 35.9 Å². The Kier molecular flexibility index (Phi) is 3.80. The van der Waals surface area contributed by atoms with Gasteiger partial charge in [-0.2, -0.15) is 0 Å². The number of hydrogen-bond acceptors (Lipinski definition) is 1. The minimum atomic E-state index is 0.409. The quantitative estimate of drug-likeness (QED) is 0.736. The Morgan fingerprint density at radius 1 is 1.06 bits per heavy atom. The van der Waals surface area contributed by atoms with Crippen LogP contribution >= 0.6 is 23.2 Å². The molecule has 0 bridgehead atoms. The molecule has 0 spiro atoms. The molecular formula is C14H14Cl2O. The summed E-state index contributed by atoms with van der Waals surface area (Å²) < 4.78 is 5.74. The second-order valence-corrected chi connectivity index (χ2v) is 5.29. The Morgan fingerprint density at radius 2 is 1.71 bits per heavy atom. The summed E-state index contributed by atoms with van der Waals surface area (Å²) in [7, 11) is 0. The first-order valence-corrected chi connectivity index (χ1v) is 6.34. The van der Waals surface area contributed by atoms with Gasteiger partial charge in [0.05, 0.1) is 0 Å². The molecule has 0 atom stereocenters. The van der Waals surface area contributed by atoms with E-state index in [9.17, 15) is 0 Å². The van der Waals surface area contributed by atoms with Gasteiger partial charge in [-0.15, -0.1) is 0 Å². The lowest BCUT2D eigenvalue weighted by Crippen LogP contribution is -1.86. The Morgan fingerprint density at radius 3 is 2.24 bits per heavy atom. The van der Waals surface area contributed by atoms with Crippen molar-refractivity contribution in [3.8, 4) is 0 Å². The van der Waals surface area contributed by atoms with Gasteiger partial charge in [-0.3, -0.25) is 0 Å². The molecule has 3 heteroatoms. The van der Waals surface area contributed by atoms with Crippen molar-refractivity contribution < 1.29 is 4.42 Å². The van der Waals surface area contributed by atoms with Crippen LogP contribution in [0.25, 0.3) is 0 Å². The zero-order valence-corrected chi connectivity index (χ0v) is 11.3. The fourth-order valence-electron chi connectivity index (χ4n) is 1.71. The van der Waals surface area contributed by atoms with E-state index >= 15 is 0 Å². The molecule has 0 amide bonds. The molecule has 0 saturated heterocycles. The minimum absolute atomic E-state index is 0.409. The number of halogens is 2. The van der Waals surface area contributed by atoms with E-state index in [4.69, 9.17) is 27.6 Å². The molecule has 0 radical (unpaired) electrons. The molecular weight excluding hydrogens is 255 g/mol. The van der Waals surface area contributed by atoms with Crippen molar-refractivity contribution in [2.45, 2.75) is 26.2 Å². The zero-order valence-electron chi connectivity index (χ0n) is 9.84. The van der Waals surface area contributed by atoms with Gasteiger partial charge >= 0.3 is 0 Å². The maximum absolute atomic E-state index is 5.96. The van der Waals surface area contributed by atoms with Crippen LogP contribution in [0, 0.1) is 0 Å². The second-order valence-electron chi connectivity index (χ2n) is 4.41. The van der Waals surface area contributed by atoms with E-state index in [-0.39, 0.29) is 0 Å². The van der Waals surface area contributed by atoms with Crippen LogP contribution in [0.4, 0.5) is 0 Å². The summed E-state index contributed by atoms with van der Waals surface area (Å²) in [5.41, 5.74) is 1.06. The van der Waals surface area contributed by atoms with E-state index in [1.807, 2.05) is 24.3 Å². The molecule has 1 aromatic carbocycles. The third kappa shape index (κ3) is 3.27. The Hall–Kier alpha value is -0.920. The Balaban J connectivity index is 2.19. The normalized spacial score (nSPS) is 11.1. The van der Waals surface area contributed by atoms with Gasteiger partial charge in [-0.1, -0.05) is 37.0 Å². The monoisotopic (exact) mass is 268 g/mol. The summed E-state index contributed by atoms with van der Waals surface area (Å²) >= 11 is 11.9. The molecule has 2 rings (SSSR count). The van der Waals surface area contributed by atoms with Crippen molar-refractivity contribution in [3.05, 3.63) is 57.5 Å². The van der Waals surface area contributed by atoms with Gasteiger partial charge in [0.2, 0.25) is 0 Å². The summed E-state index contributed by atoms with van der Waals surface area (Å²) in [5.74, 6) is 2.35. The van der Waals surface area contributed by atoms with Crippen LogP contribution < -0.4 is 0 Å². The summed E-state index contributed by atoms with van der Waals surface area (Å²) in [4.78, 5) is 0. The molecule has 0 N–H and O–H groups in total. The van der Waals surface area contributed by atoms with E-state index in [1.165, 1.54) is 0 Å². The molecule has 0 fully saturated rings. The SMILES string of the molecule is CC(C)c1ccc(Cc2cc(Cl)cc(Cl)c2)o1. The van der Waals surface area contributed by atoms with Gasteiger partial charge in [-0.25, -0.2) is 0 Å². The van der Waals surface area contributed by atoms with E-state index in [0.29, 0.717) is 22.4 Å². The van der Waals surface area contributed by atoms with Crippen molar-refractivity contribution in [1.29, 1.82) is 0 Å². The molecule has 1 aromatic heterocycles. The van der Waals surface area contributed by atoms with E-state index in [0.717, 1.165) is 17.1 Å². The van der Waals surface area contributed by atoms with Crippen LogP contribution in [-0.4, -0.2) is 0 Å². The highest BCUT2D eigenvalue weighted by atomic mass is 35.5. The lowest BCUT2D eigenvalue weighted by atomic mass is 10.1. The molecule has 0 aliphatic carbocycles. The number of rotatable bonds is 3. The second kappa shape index (κ2) is 5.16. The predicted molar refractivity (Wildman–Crippen MR) is 72.1 cm³/mol. The van der Waals surface area contributed by atoms with Crippen LogP contribution in [0.1, 0.15) is 36.8 Å². The zero-order chi connectivity index (χ0) is 12.4. The number of furan rings is 1. The van der Waals surface area contributed by atoms with Crippen molar-refractivity contribution >= 4 is 23.2 Å². The molecule has 1 nitrogen and oxygen atoms in total. The third-order valence-corrected chi connectivity index (χ3v) is 2.99. The average Bonchev–Trinajstić information content (AvgIpc) is 2.64. The highest BCUT2D eigenvalue weighted by Gasteiger charge is 2.07. The van der Waals surface area contributed by atoms with E-state index in [1.54, 1.807) is 6.07 Å². The summed E-state index contributed by atoms with van der Waals surface area (Å²) in [5, 5.41) is 1.31. The molecule has 90 valence electrons. The molecule has 0 aliphatic heterocycles. The largest absolute Gasteiger partial charge is 0.465 e. The Labute approximate surface area is 111 Å². The van der Waals surface area contributed by atoms with Crippen molar-refractivity contribution in [1.82, 2.24) is 0 Å². The minimum Gasteiger partial charge on any atom is -0.465 e. The first-order valence-electron chi connectivity index (χ1n) is 5.58. The highest BCUT2D eigenvalue weighted by Crippen LogP contribution is 2.23. The topological polar surface area (TPSA) is 13.1 Å². The van der Waals surface area contributed by atoms with Crippen molar-refractivity contribution in [2.24, 2.45) is 0 Å². The molecule has 0 saturated carbocycles. The van der Waals surface area contributed by atoms with Crippen LogP contribution in [-0.2, 0) is 6.42 Å². The molecule has 2 aromatic rings. The van der Waals surface area contributed by atoms with E-state index < -0.39 is 0 Å². The standard InChI is InChI=1S/C14H14Cl2O/c1-9(2)14-4-3-13(17-14)7-10-5-11(15)8-12(16)6-10/h3-6,8-9H,7H2,1-2H3. The number of hydrogen-bond donors (Lipinski definition) is 0. The lowest BCUT2D eigenvalue weighted by molar-refractivity contribution is 0.454. The first-order chi connectivity index (χ1) is 8.04. The van der Waals surface area contributed by atoms with Crippen molar-refractivity contribution in [2.75, 3.05) is 0 Å². The average molecular weight is 269 g/mol. The maximum atomic E-state index is 5.96. The van der Waals surface area contributed by atoms with E-state index in [2.05, 4.69) is 13.8 Å². The van der Waals surface area contributed by atoms with Gasteiger partial charge in [0, 0.05) is 22.4 Å². The fourth-order valence-corrected chi connectivity index (χ4v) is 2.29. The third-order valence-electron chi connectivity index (χ3n) is 2.55. The summed E-state index contributed by atoms with van der Waals surface area (Å²) in [6.45, 7) is 4.22. The molecule has 0 aliphatic rings. The van der Waals surface area contributed by atoms with Gasteiger partial charge < -0.3 is 4.42 Å². The summed E-state index contributed by atoms with van der Waals surface area (Å²) in [6.07, 6.45) is 0.715. The van der Waals surface area contributed by atoms with Gasteiger partial charge in [0.25, 0.3) is 0 Å². The predicted octanol–water partition coefficient (Wildman–Crippen LogP) is 5.30. The highest BCUT2D eigenvalue weighted by molar-refractivity contribution is 6.34. The van der Waals surface area contributed by atoms with Gasteiger partial charge in [0.1, 0.15) is 11.5 Å². The van der Waals surface area contributed by atoms with Gasteiger partial charge in [0.15, 0.2) is 0 Å². The maximum Gasteiger partial charge on any atom is 0.108 e. The first kappa shape index (κ1) is 12.5. The molecule has 1 heterocycles.